The van der Waals surface area contributed by atoms with E-state index < -0.39 is 10.0 Å². The topological polar surface area (TPSA) is 72.2 Å². The van der Waals surface area contributed by atoms with Crippen molar-refractivity contribution in [3.8, 4) is 0 Å². The monoisotopic (exact) mass is 428 g/mol. The predicted molar refractivity (Wildman–Crippen MR) is 90.8 cm³/mol. The van der Waals surface area contributed by atoms with Crippen molar-refractivity contribution < 1.29 is 8.42 Å². The molecule has 0 saturated carbocycles. The van der Waals surface area contributed by atoms with Crippen LogP contribution in [0.2, 0.25) is 15.1 Å². The Morgan fingerprint density at radius 2 is 1.57 bits per heavy atom. The van der Waals surface area contributed by atoms with Crippen LogP contribution in [0.15, 0.2) is 39.7 Å². The first-order chi connectivity index (χ1) is 9.70. The minimum atomic E-state index is -3.94. The van der Waals surface area contributed by atoms with Gasteiger partial charge >= 0.3 is 0 Å². The lowest BCUT2D eigenvalue weighted by Gasteiger charge is -2.13. The van der Waals surface area contributed by atoms with Crippen molar-refractivity contribution in [1.82, 2.24) is 0 Å². The van der Waals surface area contributed by atoms with E-state index >= 15 is 0 Å². The van der Waals surface area contributed by atoms with Gasteiger partial charge in [0.25, 0.3) is 10.0 Å². The molecule has 0 saturated heterocycles. The molecule has 0 fully saturated rings. The zero-order chi connectivity index (χ0) is 15.8. The van der Waals surface area contributed by atoms with E-state index in [-0.39, 0.29) is 25.7 Å². The molecule has 0 aliphatic heterocycles. The van der Waals surface area contributed by atoms with Gasteiger partial charge in [0.15, 0.2) is 0 Å². The summed E-state index contributed by atoms with van der Waals surface area (Å²) in [5, 5.41) is 0.320. The second kappa shape index (κ2) is 6.22. The summed E-state index contributed by atoms with van der Waals surface area (Å²) in [5.74, 6) is 0. The fourth-order valence-corrected chi connectivity index (χ4v) is 4.63. The van der Waals surface area contributed by atoms with Crippen molar-refractivity contribution in [2.24, 2.45) is 0 Å². The van der Waals surface area contributed by atoms with E-state index in [0.717, 1.165) is 0 Å². The minimum absolute atomic E-state index is 0.00635. The molecule has 0 spiro atoms. The number of hydrogen-bond acceptors (Lipinski definition) is 3. The lowest BCUT2D eigenvalue weighted by Crippen LogP contribution is -2.14. The van der Waals surface area contributed by atoms with Crippen molar-refractivity contribution in [3.63, 3.8) is 0 Å². The van der Waals surface area contributed by atoms with Gasteiger partial charge in [-0.1, -0.05) is 50.7 Å². The summed E-state index contributed by atoms with van der Waals surface area (Å²) in [6.45, 7) is 0. The number of nitrogen functional groups attached to an aromatic ring is 1. The third-order valence-corrected chi connectivity index (χ3v) is 5.38. The van der Waals surface area contributed by atoms with Crippen molar-refractivity contribution in [2.75, 3.05) is 10.5 Å². The average Bonchev–Trinajstić information content (AvgIpc) is 2.33. The molecule has 0 aliphatic rings. The molecule has 2 rings (SSSR count). The van der Waals surface area contributed by atoms with E-state index in [0.29, 0.717) is 10.2 Å². The molecule has 0 radical (unpaired) electrons. The lowest BCUT2D eigenvalue weighted by molar-refractivity contribution is 0.601. The van der Waals surface area contributed by atoms with Gasteiger partial charge in [0.05, 0.1) is 20.8 Å². The molecule has 0 amide bonds. The highest BCUT2D eigenvalue weighted by molar-refractivity contribution is 9.10. The maximum atomic E-state index is 12.4. The Labute approximate surface area is 145 Å². The third-order valence-electron chi connectivity index (χ3n) is 2.49. The molecule has 2 aromatic carbocycles. The van der Waals surface area contributed by atoms with Gasteiger partial charge in [-0.2, -0.15) is 0 Å². The first-order valence-corrected chi connectivity index (χ1v) is 8.84. The molecule has 0 bridgehead atoms. The van der Waals surface area contributed by atoms with Gasteiger partial charge in [-0.15, -0.1) is 0 Å². The fraction of sp³-hybridized carbons (Fsp3) is 0. The third kappa shape index (κ3) is 3.76. The number of hydrogen-bond donors (Lipinski definition) is 2. The zero-order valence-electron chi connectivity index (χ0n) is 10.2. The molecule has 21 heavy (non-hydrogen) atoms. The number of nitrogens with two attached hydrogens (primary N) is 1. The van der Waals surface area contributed by atoms with Gasteiger partial charge in [0.1, 0.15) is 4.90 Å². The lowest BCUT2D eigenvalue weighted by atomic mass is 10.3. The number of sulfonamides is 1. The smallest absolute Gasteiger partial charge is 0.263 e. The number of rotatable bonds is 3. The van der Waals surface area contributed by atoms with E-state index in [1.165, 1.54) is 30.3 Å². The van der Waals surface area contributed by atoms with Crippen LogP contribution in [0.3, 0.4) is 0 Å². The molecule has 0 unspecified atom stereocenters. The van der Waals surface area contributed by atoms with Crippen LogP contribution in [0, 0.1) is 0 Å². The summed E-state index contributed by atoms with van der Waals surface area (Å²) >= 11 is 21.1. The number of nitrogens with one attached hydrogen (secondary N) is 1. The summed E-state index contributed by atoms with van der Waals surface area (Å²) in [5.41, 5.74) is 5.98. The van der Waals surface area contributed by atoms with Gasteiger partial charge in [-0.25, -0.2) is 8.42 Å². The van der Waals surface area contributed by atoms with Gasteiger partial charge in [0.2, 0.25) is 0 Å². The molecule has 4 nitrogen and oxygen atoms in total. The van der Waals surface area contributed by atoms with E-state index in [9.17, 15) is 8.42 Å². The quantitative estimate of drug-likeness (QED) is 0.688. The summed E-state index contributed by atoms with van der Waals surface area (Å²) in [6.07, 6.45) is 0. The van der Waals surface area contributed by atoms with Crippen LogP contribution in [0.1, 0.15) is 0 Å². The Hall–Kier alpha value is -0.660. The highest BCUT2D eigenvalue weighted by Crippen LogP contribution is 2.36. The SMILES string of the molecule is Nc1ccc(S(=O)(=O)Nc2c(Cl)cc(Br)cc2Cl)c(Cl)c1. The molecule has 0 heterocycles. The van der Waals surface area contributed by atoms with Crippen LogP contribution in [0.25, 0.3) is 0 Å². The molecule has 0 atom stereocenters. The second-order valence-electron chi connectivity index (χ2n) is 4.04. The average molecular weight is 431 g/mol. The van der Waals surface area contributed by atoms with Gasteiger partial charge < -0.3 is 5.73 Å². The van der Waals surface area contributed by atoms with Crippen LogP contribution >= 0.6 is 50.7 Å². The normalized spacial score (nSPS) is 11.4. The molecule has 0 aliphatic carbocycles. The maximum absolute atomic E-state index is 12.4. The molecular weight excluding hydrogens is 422 g/mol. The maximum Gasteiger partial charge on any atom is 0.263 e. The van der Waals surface area contributed by atoms with E-state index in [1.54, 1.807) is 0 Å². The Bertz CT molecular complexity index is 789. The molecule has 9 heteroatoms. The van der Waals surface area contributed by atoms with Crippen molar-refractivity contribution in [1.29, 1.82) is 0 Å². The summed E-state index contributed by atoms with van der Waals surface area (Å²) in [4.78, 5) is -0.117. The Morgan fingerprint density at radius 1 is 1.00 bits per heavy atom. The van der Waals surface area contributed by atoms with Gasteiger partial charge in [-0.3, -0.25) is 4.72 Å². The molecular formula is C12H8BrCl3N2O2S. The summed E-state index contributed by atoms with van der Waals surface area (Å²) in [6, 6.07) is 7.14. The van der Waals surface area contributed by atoms with E-state index in [4.69, 9.17) is 40.5 Å². The Morgan fingerprint density at radius 3 is 2.10 bits per heavy atom. The molecule has 0 aromatic heterocycles. The van der Waals surface area contributed by atoms with Crippen LogP contribution < -0.4 is 10.5 Å². The standard InChI is InChI=1S/C12H8BrCl3N2O2S/c13-6-3-9(15)12(10(16)4-6)18-21(19,20)11-2-1-7(17)5-8(11)14/h1-5,18H,17H2. The van der Waals surface area contributed by atoms with Crippen LogP contribution in [0.4, 0.5) is 11.4 Å². The molecule has 112 valence electrons. The Kier molecular flexibility index (Phi) is 4.95. The minimum Gasteiger partial charge on any atom is -0.399 e. The van der Waals surface area contributed by atoms with Crippen LogP contribution in [-0.2, 0) is 10.0 Å². The van der Waals surface area contributed by atoms with Crippen molar-refractivity contribution in [3.05, 3.63) is 49.9 Å². The second-order valence-corrected chi connectivity index (χ2v) is 7.83. The van der Waals surface area contributed by atoms with Crippen LogP contribution in [-0.4, -0.2) is 8.42 Å². The number of anilines is 2. The van der Waals surface area contributed by atoms with E-state index in [2.05, 4.69) is 20.7 Å². The van der Waals surface area contributed by atoms with Crippen LogP contribution in [0.5, 0.6) is 0 Å². The largest absolute Gasteiger partial charge is 0.399 e. The fourth-order valence-electron chi connectivity index (χ4n) is 1.56. The highest BCUT2D eigenvalue weighted by atomic mass is 79.9. The number of benzene rings is 2. The summed E-state index contributed by atoms with van der Waals surface area (Å²) < 4.78 is 27.7. The van der Waals surface area contributed by atoms with Gasteiger partial charge in [-0.05, 0) is 30.3 Å². The zero-order valence-corrected chi connectivity index (χ0v) is 14.9. The predicted octanol–water partition coefficient (Wildman–Crippen LogP) is 4.79. The first kappa shape index (κ1) is 16.7. The molecule has 2 aromatic rings. The number of halogens is 4. The van der Waals surface area contributed by atoms with Gasteiger partial charge in [0, 0.05) is 10.2 Å². The first-order valence-electron chi connectivity index (χ1n) is 5.43. The molecule has 3 N–H and O–H groups in total. The highest BCUT2D eigenvalue weighted by Gasteiger charge is 2.21. The van der Waals surface area contributed by atoms with E-state index in [1.807, 2.05) is 0 Å². The Balaban J connectivity index is 2.47. The summed E-state index contributed by atoms with van der Waals surface area (Å²) in [7, 11) is -3.94. The van der Waals surface area contributed by atoms with Crippen molar-refractivity contribution in [2.45, 2.75) is 4.90 Å². The van der Waals surface area contributed by atoms with Crippen molar-refractivity contribution >= 4 is 72.1 Å².